The molecule has 3 heterocycles. The van der Waals surface area contributed by atoms with Gasteiger partial charge in [0.25, 0.3) is 0 Å². The van der Waals surface area contributed by atoms with Crippen LogP contribution in [0.2, 0.25) is 0 Å². The summed E-state index contributed by atoms with van der Waals surface area (Å²) >= 11 is 0. The second-order valence-electron chi connectivity index (χ2n) is 7.53. The maximum absolute atomic E-state index is 12.5. The Balaban J connectivity index is 1.85. The maximum atomic E-state index is 12.5. The molecule has 3 aliphatic heterocycles. The van der Waals surface area contributed by atoms with Gasteiger partial charge in [-0.1, -0.05) is 0 Å². The molecule has 1 unspecified atom stereocenters. The minimum Gasteiger partial charge on any atom is -0.469 e. The van der Waals surface area contributed by atoms with E-state index < -0.39 is 18.0 Å². The lowest BCUT2D eigenvalue weighted by molar-refractivity contribution is -0.147. The minimum absolute atomic E-state index is 0.207. The fraction of sp³-hybridized carbons (Fsp3) is 0.579. The molecule has 2 saturated heterocycles. The van der Waals surface area contributed by atoms with Crippen molar-refractivity contribution in [3.8, 4) is 6.07 Å². The van der Waals surface area contributed by atoms with Crippen molar-refractivity contribution >= 4 is 17.5 Å². The third kappa shape index (κ3) is 2.35. The standard InChI is InChI=1S/C19H21N3O5/c1-21-11-6-10(19(26)27-2)18(21)12-5-9-15(24)3-4-16(25)17(9)14(8-23)22(12)13(11)7-20/h3-4,10-14,18,23H,5-6,8H2,1-2H3/t10-,11+,12+,13?,14+,18-/m1/s1. The lowest BCUT2D eigenvalue weighted by atomic mass is 9.76. The molecule has 4 aliphatic rings. The number of allylic oxidation sites excluding steroid dienone is 2. The number of fused-ring (bicyclic) bond motifs is 4. The summed E-state index contributed by atoms with van der Waals surface area (Å²) in [5, 5.41) is 20.0. The fourth-order valence-electron chi connectivity index (χ4n) is 5.48. The van der Waals surface area contributed by atoms with Gasteiger partial charge in [0.05, 0.1) is 31.7 Å². The summed E-state index contributed by atoms with van der Waals surface area (Å²) in [7, 11) is 3.22. The van der Waals surface area contributed by atoms with Crippen LogP contribution in [0.4, 0.5) is 0 Å². The molecule has 0 aromatic carbocycles. The van der Waals surface area contributed by atoms with Crippen molar-refractivity contribution < 1.29 is 24.2 Å². The summed E-state index contributed by atoms with van der Waals surface area (Å²) in [5.74, 6) is -1.29. The van der Waals surface area contributed by atoms with Gasteiger partial charge in [-0.2, -0.15) is 5.26 Å². The molecule has 0 spiro atoms. The first-order chi connectivity index (χ1) is 12.9. The molecule has 2 bridgehead atoms. The molecule has 6 atom stereocenters. The molecular weight excluding hydrogens is 350 g/mol. The van der Waals surface area contributed by atoms with Gasteiger partial charge in [-0.25, -0.2) is 0 Å². The quantitative estimate of drug-likeness (QED) is 0.496. The molecule has 8 heteroatoms. The van der Waals surface area contributed by atoms with Crippen LogP contribution in [-0.2, 0) is 19.1 Å². The van der Waals surface area contributed by atoms with Gasteiger partial charge in [0.1, 0.15) is 6.04 Å². The number of nitriles is 1. The van der Waals surface area contributed by atoms with Crippen LogP contribution in [0.15, 0.2) is 23.3 Å². The van der Waals surface area contributed by atoms with Gasteiger partial charge < -0.3 is 9.84 Å². The van der Waals surface area contributed by atoms with E-state index in [1.54, 1.807) is 0 Å². The third-order valence-corrected chi connectivity index (χ3v) is 6.55. The number of ketones is 2. The van der Waals surface area contributed by atoms with Crippen molar-refractivity contribution in [2.45, 2.75) is 43.1 Å². The van der Waals surface area contributed by atoms with Gasteiger partial charge in [0.2, 0.25) is 0 Å². The lowest BCUT2D eigenvalue weighted by Gasteiger charge is -2.54. The molecule has 1 aliphatic carbocycles. The van der Waals surface area contributed by atoms with E-state index in [9.17, 15) is 24.8 Å². The van der Waals surface area contributed by atoms with Crippen molar-refractivity contribution in [1.82, 2.24) is 9.80 Å². The van der Waals surface area contributed by atoms with Crippen LogP contribution >= 0.6 is 0 Å². The van der Waals surface area contributed by atoms with Crippen molar-refractivity contribution in [1.29, 1.82) is 5.26 Å². The van der Waals surface area contributed by atoms with Gasteiger partial charge in [-0.05, 0) is 32.0 Å². The lowest BCUT2D eigenvalue weighted by Crippen LogP contribution is -2.69. The Hall–Kier alpha value is -2.34. The largest absolute Gasteiger partial charge is 0.469 e. The average molecular weight is 371 g/mol. The Morgan fingerprint density at radius 2 is 2.04 bits per heavy atom. The summed E-state index contributed by atoms with van der Waals surface area (Å²) in [6, 6.07) is 0.210. The number of carbonyl (C=O) groups is 3. The molecule has 0 saturated carbocycles. The highest BCUT2D eigenvalue weighted by molar-refractivity contribution is 6.21. The molecule has 4 rings (SSSR count). The highest BCUT2D eigenvalue weighted by Crippen LogP contribution is 2.47. The second kappa shape index (κ2) is 6.37. The van der Waals surface area contributed by atoms with Crippen LogP contribution in [0, 0.1) is 17.2 Å². The van der Waals surface area contributed by atoms with Crippen LogP contribution in [0.5, 0.6) is 0 Å². The SMILES string of the molecule is COC(=O)[C@@H]1C[C@H]2C(C#N)N3[C@@H](CO)C4=C(C[C@H]3[C@@H]1N2C)C(=O)C=CC4=O. The molecule has 0 aromatic heterocycles. The molecule has 142 valence electrons. The number of esters is 1. The first kappa shape index (κ1) is 18.0. The average Bonchev–Trinajstić information content (AvgIpc) is 2.92. The highest BCUT2D eigenvalue weighted by Gasteiger charge is 2.60. The van der Waals surface area contributed by atoms with Crippen LogP contribution in [-0.4, -0.2) is 83.4 Å². The van der Waals surface area contributed by atoms with Crippen LogP contribution in [0.25, 0.3) is 0 Å². The number of nitrogens with zero attached hydrogens (tertiary/aromatic N) is 3. The Kier molecular flexibility index (Phi) is 4.26. The van der Waals surface area contributed by atoms with Crippen molar-refractivity contribution in [2.75, 3.05) is 20.8 Å². The maximum Gasteiger partial charge on any atom is 0.310 e. The van der Waals surface area contributed by atoms with Gasteiger partial charge in [-0.15, -0.1) is 0 Å². The van der Waals surface area contributed by atoms with E-state index in [1.165, 1.54) is 19.3 Å². The molecule has 1 N–H and O–H groups in total. The van der Waals surface area contributed by atoms with Crippen LogP contribution in [0.3, 0.4) is 0 Å². The molecule has 0 aromatic rings. The molecule has 8 nitrogen and oxygen atoms in total. The summed E-state index contributed by atoms with van der Waals surface area (Å²) < 4.78 is 4.98. The normalized spacial score (nSPS) is 38.4. The number of piperazine rings is 1. The van der Waals surface area contributed by atoms with E-state index in [0.29, 0.717) is 17.6 Å². The number of hydrogen-bond donors (Lipinski definition) is 1. The molecule has 27 heavy (non-hydrogen) atoms. The Labute approximate surface area is 156 Å². The van der Waals surface area contributed by atoms with Gasteiger partial charge >= 0.3 is 5.97 Å². The molecular formula is C19H21N3O5. The van der Waals surface area contributed by atoms with E-state index >= 15 is 0 Å². The zero-order valence-electron chi connectivity index (χ0n) is 15.2. The predicted molar refractivity (Wildman–Crippen MR) is 92.2 cm³/mol. The summed E-state index contributed by atoms with van der Waals surface area (Å²) in [6.45, 7) is -0.369. The first-order valence-electron chi connectivity index (χ1n) is 9.02. The number of ether oxygens (including phenoxy) is 1. The predicted octanol–water partition coefficient (Wildman–Crippen LogP) is -0.806. The minimum atomic E-state index is -0.722. The number of aliphatic hydroxyl groups excluding tert-OH is 1. The number of aliphatic hydroxyl groups is 1. The summed E-state index contributed by atoms with van der Waals surface area (Å²) in [4.78, 5) is 41.2. The second-order valence-corrected chi connectivity index (χ2v) is 7.53. The monoisotopic (exact) mass is 371 g/mol. The third-order valence-electron chi connectivity index (χ3n) is 6.55. The number of methoxy groups -OCH3 is 1. The molecule has 0 amide bonds. The topological polar surface area (TPSA) is 111 Å². The van der Waals surface area contributed by atoms with Crippen molar-refractivity contribution in [3.05, 3.63) is 23.3 Å². The van der Waals surface area contributed by atoms with Crippen molar-refractivity contribution in [2.24, 2.45) is 5.92 Å². The van der Waals surface area contributed by atoms with E-state index in [4.69, 9.17) is 4.74 Å². The highest BCUT2D eigenvalue weighted by atomic mass is 16.5. The number of hydrogen-bond acceptors (Lipinski definition) is 8. The smallest absolute Gasteiger partial charge is 0.310 e. The Morgan fingerprint density at radius 3 is 2.67 bits per heavy atom. The van der Waals surface area contributed by atoms with Gasteiger partial charge in [-0.3, -0.25) is 24.2 Å². The first-order valence-corrected chi connectivity index (χ1v) is 9.02. The van der Waals surface area contributed by atoms with Crippen LogP contribution < -0.4 is 0 Å². The van der Waals surface area contributed by atoms with E-state index in [2.05, 4.69) is 6.07 Å². The Bertz CT molecular complexity index is 826. The summed E-state index contributed by atoms with van der Waals surface area (Å²) in [5.41, 5.74) is 0.682. The van der Waals surface area contributed by atoms with Crippen LogP contribution in [0.1, 0.15) is 12.8 Å². The molecule has 2 fully saturated rings. The summed E-state index contributed by atoms with van der Waals surface area (Å²) in [6.07, 6.45) is 3.23. The Morgan fingerprint density at radius 1 is 1.33 bits per heavy atom. The zero-order valence-corrected chi connectivity index (χ0v) is 15.2. The van der Waals surface area contributed by atoms with E-state index in [0.717, 1.165) is 0 Å². The fourth-order valence-corrected chi connectivity index (χ4v) is 5.48. The van der Waals surface area contributed by atoms with Crippen molar-refractivity contribution in [3.63, 3.8) is 0 Å². The zero-order chi connectivity index (χ0) is 19.5. The number of likely N-dealkylation sites (N-methyl/N-ethyl adjacent to an activating group) is 1. The molecule has 0 radical (unpaired) electrons. The number of carbonyl (C=O) groups excluding carboxylic acids is 3. The van der Waals surface area contributed by atoms with Gasteiger partial charge in [0, 0.05) is 29.3 Å². The van der Waals surface area contributed by atoms with Gasteiger partial charge in [0.15, 0.2) is 11.6 Å². The number of rotatable bonds is 2. The van der Waals surface area contributed by atoms with E-state index in [1.807, 2.05) is 16.8 Å². The van der Waals surface area contributed by atoms with E-state index in [-0.39, 0.29) is 48.7 Å².